The second-order valence-corrected chi connectivity index (χ2v) is 8.28. The van der Waals surface area contributed by atoms with Gasteiger partial charge in [-0.25, -0.2) is 13.6 Å². The molecule has 0 aliphatic carbocycles. The first-order chi connectivity index (χ1) is 14.4. The lowest BCUT2D eigenvalue weighted by molar-refractivity contribution is -0.120. The fourth-order valence-corrected chi connectivity index (χ4v) is 2.92. The lowest BCUT2D eigenvalue weighted by Gasteiger charge is -2.21. The molecule has 0 saturated carbocycles. The summed E-state index contributed by atoms with van der Waals surface area (Å²) in [4.78, 5) is 37.2. The van der Waals surface area contributed by atoms with Gasteiger partial charge in [-0.05, 0) is 51.5 Å². The number of anilines is 1. The molecule has 2 amide bonds. The third kappa shape index (κ3) is 7.03. The molecule has 2 rings (SSSR count). The van der Waals surface area contributed by atoms with Gasteiger partial charge in [0.1, 0.15) is 5.60 Å². The zero-order valence-corrected chi connectivity index (χ0v) is 18.3. The van der Waals surface area contributed by atoms with Crippen LogP contribution in [0.25, 0.3) is 0 Å². The average Bonchev–Trinajstić information content (AvgIpc) is 2.63. The highest BCUT2D eigenvalue weighted by atomic mass is 35.5. The minimum atomic E-state index is -1.12. The smallest absolute Gasteiger partial charge is 0.408 e. The zero-order chi connectivity index (χ0) is 23.3. The van der Waals surface area contributed by atoms with Crippen LogP contribution in [0, 0.1) is 11.6 Å². The van der Waals surface area contributed by atoms with E-state index < -0.39 is 35.3 Å². The molecule has 31 heavy (non-hydrogen) atoms. The summed E-state index contributed by atoms with van der Waals surface area (Å²) >= 11 is 6.17. The summed E-state index contributed by atoms with van der Waals surface area (Å²) in [5.41, 5.74) is -0.353. The molecule has 2 aromatic rings. The number of hydrogen-bond acceptors (Lipinski definition) is 4. The van der Waals surface area contributed by atoms with Gasteiger partial charge in [-0.3, -0.25) is 9.59 Å². The summed E-state index contributed by atoms with van der Waals surface area (Å²) in [5, 5.41) is 4.97. The zero-order valence-electron chi connectivity index (χ0n) is 17.5. The Bertz CT molecular complexity index is 1010. The number of ketones is 1. The number of amides is 2. The summed E-state index contributed by atoms with van der Waals surface area (Å²) in [6.07, 6.45) is -0.936. The molecule has 0 bridgehead atoms. The van der Waals surface area contributed by atoms with Crippen molar-refractivity contribution in [2.75, 3.05) is 5.32 Å². The topological polar surface area (TPSA) is 84.5 Å². The second-order valence-electron chi connectivity index (χ2n) is 7.87. The lowest BCUT2D eigenvalue weighted by atomic mass is 9.99. The number of ether oxygens (including phenoxy) is 1. The van der Waals surface area contributed by atoms with E-state index in [1.165, 1.54) is 19.1 Å². The maximum atomic E-state index is 13.4. The van der Waals surface area contributed by atoms with Gasteiger partial charge in [-0.15, -0.1) is 0 Å². The third-order valence-corrected chi connectivity index (χ3v) is 4.40. The molecule has 0 spiro atoms. The highest BCUT2D eigenvalue weighted by Gasteiger charge is 2.23. The molecule has 166 valence electrons. The molecule has 0 saturated heterocycles. The molecule has 0 aliphatic heterocycles. The van der Waals surface area contributed by atoms with Crippen molar-refractivity contribution in [3.05, 3.63) is 64.2 Å². The maximum Gasteiger partial charge on any atom is 0.408 e. The van der Waals surface area contributed by atoms with Crippen LogP contribution in [0.1, 0.15) is 43.6 Å². The van der Waals surface area contributed by atoms with Gasteiger partial charge in [0.25, 0.3) is 5.91 Å². The van der Waals surface area contributed by atoms with E-state index in [2.05, 4.69) is 10.6 Å². The second kappa shape index (κ2) is 9.87. The third-order valence-electron chi connectivity index (χ3n) is 4.09. The molecular formula is C22H23ClF2N2O4. The van der Waals surface area contributed by atoms with Crippen LogP contribution in [0.2, 0.25) is 5.02 Å². The van der Waals surface area contributed by atoms with E-state index >= 15 is 0 Å². The van der Waals surface area contributed by atoms with Crippen LogP contribution in [0.4, 0.5) is 19.3 Å². The van der Waals surface area contributed by atoms with Gasteiger partial charge >= 0.3 is 6.09 Å². The summed E-state index contributed by atoms with van der Waals surface area (Å²) < 4.78 is 31.6. The van der Waals surface area contributed by atoms with Crippen LogP contribution in [0.5, 0.6) is 0 Å². The lowest BCUT2D eigenvalue weighted by Crippen LogP contribution is -2.42. The predicted molar refractivity (Wildman–Crippen MR) is 113 cm³/mol. The number of halogens is 3. The van der Waals surface area contributed by atoms with E-state index in [1.54, 1.807) is 32.9 Å². The van der Waals surface area contributed by atoms with Crippen LogP contribution < -0.4 is 10.6 Å². The molecule has 0 unspecified atom stereocenters. The molecule has 0 radical (unpaired) electrons. The normalized spacial score (nSPS) is 12.1. The van der Waals surface area contributed by atoms with Crippen LogP contribution in [-0.4, -0.2) is 29.4 Å². The fourth-order valence-electron chi connectivity index (χ4n) is 2.64. The Morgan fingerprint density at radius 2 is 1.77 bits per heavy atom. The number of Topliss-reactive ketones (excluding diaryl/α,β-unsaturated/α-hetero) is 1. The molecule has 0 aromatic heterocycles. The number of nitrogens with one attached hydrogen (secondary N) is 2. The van der Waals surface area contributed by atoms with E-state index in [4.69, 9.17) is 16.3 Å². The molecule has 0 aliphatic rings. The van der Waals surface area contributed by atoms with E-state index in [-0.39, 0.29) is 28.5 Å². The van der Waals surface area contributed by atoms with Gasteiger partial charge in [0.15, 0.2) is 17.4 Å². The van der Waals surface area contributed by atoms with E-state index in [9.17, 15) is 23.2 Å². The molecule has 9 heteroatoms. The van der Waals surface area contributed by atoms with Gasteiger partial charge in [0, 0.05) is 18.2 Å². The van der Waals surface area contributed by atoms with Crippen molar-refractivity contribution in [3.8, 4) is 0 Å². The average molecular weight is 453 g/mol. The Balaban J connectivity index is 2.16. The van der Waals surface area contributed by atoms with Crippen molar-refractivity contribution in [1.82, 2.24) is 5.32 Å². The minimum Gasteiger partial charge on any atom is -0.444 e. The molecular weight excluding hydrogens is 430 g/mol. The largest absolute Gasteiger partial charge is 0.444 e. The van der Waals surface area contributed by atoms with Crippen molar-refractivity contribution >= 4 is 35.1 Å². The van der Waals surface area contributed by atoms with Crippen LogP contribution in [0.3, 0.4) is 0 Å². The quantitative estimate of drug-likeness (QED) is 0.653. The highest BCUT2D eigenvalue weighted by molar-refractivity contribution is 6.34. The van der Waals surface area contributed by atoms with E-state index in [0.29, 0.717) is 5.56 Å². The number of carbonyl (C=O) groups is 3. The maximum absolute atomic E-state index is 13.4. The van der Waals surface area contributed by atoms with Crippen molar-refractivity contribution in [1.29, 1.82) is 0 Å². The van der Waals surface area contributed by atoms with Crippen molar-refractivity contribution in [2.45, 2.75) is 45.8 Å². The van der Waals surface area contributed by atoms with Gasteiger partial charge in [-0.1, -0.05) is 23.7 Å². The molecule has 6 nitrogen and oxygen atoms in total. The van der Waals surface area contributed by atoms with Crippen LogP contribution in [0.15, 0.2) is 36.4 Å². The Morgan fingerprint density at radius 3 is 2.39 bits per heavy atom. The Morgan fingerprint density at radius 1 is 1.10 bits per heavy atom. The number of carbonyl (C=O) groups excluding carboxylic acids is 3. The molecule has 0 heterocycles. The van der Waals surface area contributed by atoms with Crippen molar-refractivity contribution in [2.24, 2.45) is 0 Å². The van der Waals surface area contributed by atoms with E-state index in [1.807, 2.05) is 0 Å². The standard InChI is InChI=1S/C22H23ClF2N2O4/c1-12(26-21(30)31-22(2,3)4)18(28)10-13-6-5-7-15(23)19(13)20(29)27-14-8-9-16(24)17(25)11-14/h5-9,11-12H,10H2,1-4H3,(H,26,30)(H,27,29)/t12-/m0/s1. The van der Waals surface area contributed by atoms with Crippen LogP contribution >= 0.6 is 11.6 Å². The van der Waals surface area contributed by atoms with Crippen LogP contribution in [-0.2, 0) is 16.0 Å². The summed E-state index contributed by atoms with van der Waals surface area (Å²) in [6, 6.07) is 6.63. The molecule has 2 aromatic carbocycles. The molecule has 2 N–H and O–H groups in total. The summed E-state index contributed by atoms with van der Waals surface area (Å²) in [5.74, 6) is -3.23. The minimum absolute atomic E-state index is 0.0201. The number of alkyl carbamates (subject to hydrolysis) is 1. The van der Waals surface area contributed by atoms with Gasteiger partial charge in [-0.2, -0.15) is 0 Å². The van der Waals surface area contributed by atoms with E-state index in [0.717, 1.165) is 12.1 Å². The molecule has 0 fully saturated rings. The molecule has 1 atom stereocenters. The monoisotopic (exact) mass is 452 g/mol. The van der Waals surface area contributed by atoms with Crippen molar-refractivity contribution in [3.63, 3.8) is 0 Å². The SMILES string of the molecule is C[C@H](NC(=O)OC(C)(C)C)C(=O)Cc1cccc(Cl)c1C(=O)Nc1ccc(F)c(F)c1. The predicted octanol–water partition coefficient (Wildman–Crippen LogP) is 4.90. The summed E-state index contributed by atoms with van der Waals surface area (Å²) in [6.45, 7) is 6.59. The Labute approximate surface area is 183 Å². The first-order valence-corrected chi connectivity index (χ1v) is 9.81. The first-order valence-electron chi connectivity index (χ1n) is 9.43. The number of hydrogen-bond donors (Lipinski definition) is 2. The fraction of sp³-hybridized carbons (Fsp3) is 0.318. The number of benzene rings is 2. The first kappa shape index (κ1) is 24.3. The number of rotatable bonds is 6. The Hall–Kier alpha value is -3.00. The van der Waals surface area contributed by atoms with Gasteiger partial charge in [0.2, 0.25) is 0 Å². The highest BCUT2D eigenvalue weighted by Crippen LogP contribution is 2.23. The summed E-state index contributed by atoms with van der Waals surface area (Å²) in [7, 11) is 0. The van der Waals surface area contributed by atoms with Crippen molar-refractivity contribution < 1.29 is 27.9 Å². The van der Waals surface area contributed by atoms with Gasteiger partial charge in [0.05, 0.1) is 16.6 Å². The Kier molecular flexibility index (Phi) is 7.73. The van der Waals surface area contributed by atoms with Gasteiger partial charge < -0.3 is 15.4 Å².